The van der Waals surface area contributed by atoms with Crippen LogP contribution in [0.15, 0.2) is 51.7 Å². The Labute approximate surface area is 91.1 Å². The lowest BCUT2D eigenvalue weighted by Crippen LogP contribution is -2.05. The number of fused-ring (bicyclic) bond motifs is 3. The quantitative estimate of drug-likeness (QED) is 0.459. The van der Waals surface area contributed by atoms with Crippen LogP contribution in [0.3, 0.4) is 0 Å². The molecule has 3 nitrogen and oxygen atoms in total. The molecular formula is C13H9NO2. The number of rotatable bonds is 0. The summed E-state index contributed by atoms with van der Waals surface area (Å²) in [5.74, 6) is 0. The second-order valence-electron chi connectivity index (χ2n) is 3.69. The lowest BCUT2D eigenvalue weighted by molar-refractivity contribution is 0.564. The molecule has 0 unspecified atom stereocenters. The van der Waals surface area contributed by atoms with E-state index in [1.807, 2.05) is 30.3 Å². The molecule has 0 fully saturated rings. The van der Waals surface area contributed by atoms with E-state index in [2.05, 4.69) is 0 Å². The lowest BCUT2D eigenvalue weighted by Gasteiger charge is -2.02. The van der Waals surface area contributed by atoms with Gasteiger partial charge in [0.1, 0.15) is 11.3 Å². The van der Waals surface area contributed by atoms with Crippen molar-refractivity contribution in [3.63, 3.8) is 0 Å². The van der Waals surface area contributed by atoms with E-state index in [1.54, 1.807) is 12.1 Å². The summed E-state index contributed by atoms with van der Waals surface area (Å²) in [7, 11) is 0. The third-order valence-electron chi connectivity index (χ3n) is 2.67. The van der Waals surface area contributed by atoms with Gasteiger partial charge in [-0.3, -0.25) is 0 Å². The van der Waals surface area contributed by atoms with Crippen LogP contribution >= 0.6 is 0 Å². The SMILES string of the molecule is Nc1cc2c(ccc3ccccc32)oc1=O. The summed E-state index contributed by atoms with van der Waals surface area (Å²) >= 11 is 0. The number of hydrogen-bond donors (Lipinski definition) is 1. The Hall–Kier alpha value is -2.29. The number of nitrogen functional groups attached to an aromatic ring is 1. The lowest BCUT2D eigenvalue weighted by atomic mass is 10.1. The first-order valence-corrected chi connectivity index (χ1v) is 4.97. The number of hydrogen-bond acceptors (Lipinski definition) is 3. The molecule has 0 radical (unpaired) electrons. The molecule has 1 heterocycles. The molecule has 0 aliphatic rings. The molecule has 2 aromatic carbocycles. The fraction of sp³-hybridized carbons (Fsp3) is 0. The molecule has 0 amide bonds. The zero-order valence-electron chi connectivity index (χ0n) is 8.44. The van der Waals surface area contributed by atoms with Gasteiger partial charge >= 0.3 is 5.63 Å². The van der Waals surface area contributed by atoms with Crippen LogP contribution in [-0.4, -0.2) is 0 Å². The van der Waals surface area contributed by atoms with Crippen LogP contribution in [0.4, 0.5) is 5.69 Å². The Kier molecular flexibility index (Phi) is 1.74. The average molecular weight is 211 g/mol. The molecule has 2 N–H and O–H groups in total. The highest BCUT2D eigenvalue weighted by molar-refractivity contribution is 6.06. The van der Waals surface area contributed by atoms with Gasteiger partial charge in [-0.05, 0) is 22.9 Å². The van der Waals surface area contributed by atoms with E-state index >= 15 is 0 Å². The molecule has 16 heavy (non-hydrogen) atoms. The van der Waals surface area contributed by atoms with Gasteiger partial charge in [-0.15, -0.1) is 0 Å². The minimum absolute atomic E-state index is 0.142. The second-order valence-corrected chi connectivity index (χ2v) is 3.69. The predicted molar refractivity (Wildman–Crippen MR) is 64.4 cm³/mol. The maximum atomic E-state index is 11.3. The zero-order valence-corrected chi connectivity index (χ0v) is 8.44. The molecule has 0 spiro atoms. The van der Waals surface area contributed by atoms with E-state index in [1.165, 1.54) is 0 Å². The molecule has 0 aliphatic heterocycles. The maximum absolute atomic E-state index is 11.3. The molecule has 3 rings (SSSR count). The van der Waals surface area contributed by atoms with Crippen molar-refractivity contribution in [2.24, 2.45) is 0 Å². The summed E-state index contributed by atoms with van der Waals surface area (Å²) in [6.45, 7) is 0. The molecule has 0 atom stereocenters. The second kappa shape index (κ2) is 3.10. The highest BCUT2D eigenvalue weighted by Gasteiger charge is 2.04. The van der Waals surface area contributed by atoms with E-state index in [0.29, 0.717) is 5.58 Å². The van der Waals surface area contributed by atoms with Crippen LogP contribution in [0.25, 0.3) is 21.7 Å². The first-order valence-electron chi connectivity index (χ1n) is 4.97. The van der Waals surface area contributed by atoms with Crippen molar-refractivity contribution in [3.8, 4) is 0 Å². The van der Waals surface area contributed by atoms with Gasteiger partial charge in [-0.25, -0.2) is 4.79 Å². The van der Waals surface area contributed by atoms with Crippen molar-refractivity contribution < 1.29 is 4.42 Å². The van der Waals surface area contributed by atoms with Crippen molar-refractivity contribution in [2.75, 3.05) is 5.73 Å². The number of benzene rings is 2. The van der Waals surface area contributed by atoms with Gasteiger partial charge in [0.05, 0.1) is 0 Å². The molecular weight excluding hydrogens is 202 g/mol. The van der Waals surface area contributed by atoms with Gasteiger partial charge in [0.15, 0.2) is 0 Å². The fourth-order valence-corrected chi connectivity index (χ4v) is 1.89. The Morgan fingerprint density at radius 3 is 2.69 bits per heavy atom. The minimum Gasteiger partial charge on any atom is -0.421 e. The first kappa shape index (κ1) is 8.97. The van der Waals surface area contributed by atoms with Crippen LogP contribution < -0.4 is 11.4 Å². The summed E-state index contributed by atoms with van der Waals surface area (Å²) in [5.41, 5.74) is 5.80. The van der Waals surface area contributed by atoms with Crippen molar-refractivity contribution in [3.05, 3.63) is 52.9 Å². The summed E-state index contributed by atoms with van der Waals surface area (Å²) in [6.07, 6.45) is 0. The minimum atomic E-state index is -0.484. The summed E-state index contributed by atoms with van der Waals surface area (Å²) in [6, 6.07) is 13.3. The van der Waals surface area contributed by atoms with E-state index in [0.717, 1.165) is 16.2 Å². The Bertz CT molecular complexity index is 744. The average Bonchev–Trinajstić information content (AvgIpc) is 2.31. The first-order chi connectivity index (χ1) is 7.75. The smallest absolute Gasteiger partial charge is 0.359 e. The van der Waals surface area contributed by atoms with Crippen LogP contribution in [-0.2, 0) is 0 Å². The van der Waals surface area contributed by atoms with E-state index in [4.69, 9.17) is 10.2 Å². The fourth-order valence-electron chi connectivity index (χ4n) is 1.89. The van der Waals surface area contributed by atoms with Crippen molar-refractivity contribution in [1.82, 2.24) is 0 Å². The standard InChI is InChI=1S/C13H9NO2/c14-11-7-10-9-4-2-1-3-8(9)5-6-12(10)16-13(11)15/h1-7H,14H2. The molecule has 3 aromatic rings. The van der Waals surface area contributed by atoms with Crippen LogP contribution in [0.1, 0.15) is 0 Å². The Morgan fingerprint density at radius 1 is 1.00 bits per heavy atom. The Morgan fingerprint density at radius 2 is 1.81 bits per heavy atom. The molecule has 78 valence electrons. The maximum Gasteiger partial charge on any atom is 0.359 e. The number of anilines is 1. The van der Waals surface area contributed by atoms with Gasteiger partial charge in [-0.1, -0.05) is 30.3 Å². The van der Waals surface area contributed by atoms with Gasteiger partial charge in [0, 0.05) is 5.39 Å². The molecule has 0 bridgehead atoms. The number of nitrogens with two attached hydrogens (primary N) is 1. The monoisotopic (exact) mass is 211 g/mol. The highest BCUT2D eigenvalue weighted by Crippen LogP contribution is 2.25. The third kappa shape index (κ3) is 1.18. The molecule has 1 aromatic heterocycles. The molecule has 0 aliphatic carbocycles. The van der Waals surface area contributed by atoms with Crippen molar-refractivity contribution in [2.45, 2.75) is 0 Å². The van der Waals surface area contributed by atoms with Crippen LogP contribution in [0.5, 0.6) is 0 Å². The summed E-state index contributed by atoms with van der Waals surface area (Å²) in [5, 5.41) is 3.01. The van der Waals surface area contributed by atoms with Crippen LogP contribution in [0.2, 0.25) is 0 Å². The summed E-state index contributed by atoms with van der Waals surface area (Å²) < 4.78 is 5.12. The molecule has 0 saturated carbocycles. The van der Waals surface area contributed by atoms with Gasteiger partial charge in [0.2, 0.25) is 0 Å². The van der Waals surface area contributed by atoms with Gasteiger partial charge in [-0.2, -0.15) is 0 Å². The highest BCUT2D eigenvalue weighted by atomic mass is 16.4. The van der Waals surface area contributed by atoms with Crippen molar-refractivity contribution >= 4 is 27.4 Å². The third-order valence-corrected chi connectivity index (χ3v) is 2.67. The van der Waals surface area contributed by atoms with Gasteiger partial charge in [0.25, 0.3) is 0 Å². The zero-order chi connectivity index (χ0) is 11.1. The largest absolute Gasteiger partial charge is 0.421 e. The van der Waals surface area contributed by atoms with E-state index in [9.17, 15) is 4.79 Å². The molecule has 3 heteroatoms. The normalized spacial score (nSPS) is 11.0. The molecule has 0 saturated heterocycles. The van der Waals surface area contributed by atoms with E-state index in [-0.39, 0.29) is 5.69 Å². The van der Waals surface area contributed by atoms with Crippen LogP contribution in [0, 0.1) is 0 Å². The predicted octanol–water partition coefficient (Wildman–Crippen LogP) is 2.53. The van der Waals surface area contributed by atoms with Gasteiger partial charge < -0.3 is 10.2 Å². The Balaban J connectivity index is 2.60. The topological polar surface area (TPSA) is 56.2 Å². The summed E-state index contributed by atoms with van der Waals surface area (Å²) in [4.78, 5) is 11.3. The van der Waals surface area contributed by atoms with Crippen molar-refractivity contribution in [1.29, 1.82) is 0 Å². The van der Waals surface area contributed by atoms with E-state index < -0.39 is 5.63 Å².